The number of halogens is 1. The Morgan fingerprint density at radius 3 is 2.68 bits per heavy atom. The Morgan fingerprint density at radius 2 is 1.97 bits per heavy atom. The molecule has 0 atom stereocenters. The van der Waals surface area contributed by atoms with Crippen molar-refractivity contribution in [2.75, 3.05) is 24.4 Å². The molecule has 0 unspecified atom stereocenters. The van der Waals surface area contributed by atoms with Crippen LogP contribution >= 0.6 is 0 Å². The second kappa shape index (κ2) is 8.23. The summed E-state index contributed by atoms with van der Waals surface area (Å²) in [6, 6.07) is 12.6. The highest BCUT2D eigenvalue weighted by atomic mass is 19.1. The van der Waals surface area contributed by atoms with E-state index < -0.39 is 11.9 Å². The number of carbonyl (C=O) groups is 2. The number of amides is 2. The third-order valence-electron chi connectivity index (χ3n) is 4.76. The smallest absolute Gasteiger partial charge is 0.412 e. The van der Waals surface area contributed by atoms with Gasteiger partial charge in [-0.25, -0.2) is 18.7 Å². The van der Waals surface area contributed by atoms with Gasteiger partial charge in [0, 0.05) is 41.8 Å². The molecular formula is C22H18FN5O3. The zero-order valence-corrected chi connectivity index (χ0v) is 16.7. The van der Waals surface area contributed by atoms with Gasteiger partial charge in [-0.2, -0.15) is 5.10 Å². The average molecular weight is 419 g/mol. The van der Waals surface area contributed by atoms with Crippen LogP contribution < -0.4 is 10.2 Å². The minimum Gasteiger partial charge on any atom is -0.453 e. The molecule has 3 aromatic heterocycles. The van der Waals surface area contributed by atoms with Crippen molar-refractivity contribution in [3.05, 3.63) is 78.5 Å². The van der Waals surface area contributed by atoms with Crippen LogP contribution in [0.5, 0.6) is 0 Å². The maximum atomic E-state index is 13.5. The fourth-order valence-electron chi connectivity index (χ4n) is 3.11. The number of ether oxygens (including phenoxy) is 1. The third kappa shape index (κ3) is 4.06. The van der Waals surface area contributed by atoms with Gasteiger partial charge in [-0.05, 0) is 42.5 Å². The van der Waals surface area contributed by atoms with Crippen molar-refractivity contribution in [2.45, 2.75) is 0 Å². The quantitative estimate of drug-likeness (QED) is 0.540. The van der Waals surface area contributed by atoms with Crippen LogP contribution in [-0.4, -0.2) is 40.8 Å². The first kappa shape index (κ1) is 20.0. The normalized spacial score (nSPS) is 10.7. The lowest BCUT2D eigenvalue weighted by Crippen LogP contribution is -2.26. The van der Waals surface area contributed by atoms with Crippen LogP contribution in [0.1, 0.15) is 10.4 Å². The Hall–Kier alpha value is -4.27. The van der Waals surface area contributed by atoms with E-state index in [1.165, 1.54) is 24.1 Å². The van der Waals surface area contributed by atoms with Gasteiger partial charge in [-0.15, -0.1) is 0 Å². The van der Waals surface area contributed by atoms with Crippen LogP contribution in [0, 0.1) is 5.82 Å². The van der Waals surface area contributed by atoms with Gasteiger partial charge in [0.05, 0.1) is 18.8 Å². The number of rotatable bonds is 4. The molecule has 0 aliphatic rings. The van der Waals surface area contributed by atoms with Crippen molar-refractivity contribution in [3.8, 4) is 11.1 Å². The van der Waals surface area contributed by atoms with Crippen LogP contribution in [0.2, 0.25) is 0 Å². The number of fused-ring (bicyclic) bond motifs is 1. The first-order chi connectivity index (χ1) is 15.0. The summed E-state index contributed by atoms with van der Waals surface area (Å²) in [4.78, 5) is 29.9. The summed E-state index contributed by atoms with van der Waals surface area (Å²) in [5, 5.41) is 6.81. The van der Waals surface area contributed by atoms with E-state index in [0.717, 1.165) is 11.1 Å². The van der Waals surface area contributed by atoms with Gasteiger partial charge in [-0.1, -0.05) is 6.07 Å². The number of hydrogen-bond donors (Lipinski definition) is 1. The Morgan fingerprint density at radius 1 is 1.13 bits per heavy atom. The van der Waals surface area contributed by atoms with E-state index in [1.807, 2.05) is 0 Å². The van der Waals surface area contributed by atoms with E-state index in [2.05, 4.69) is 20.1 Å². The summed E-state index contributed by atoms with van der Waals surface area (Å²) in [7, 11) is 2.86. The molecule has 4 aromatic rings. The van der Waals surface area contributed by atoms with E-state index in [1.54, 1.807) is 66.6 Å². The lowest BCUT2D eigenvalue weighted by molar-refractivity contribution is 0.0993. The van der Waals surface area contributed by atoms with Crippen LogP contribution in [0.4, 0.5) is 20.7 Å². The number of hydrogen-bond acceptors (Lipinski definition) is 5. The Labute approximate surface area is 176 Å². The van der Waals surface area contributed by atoms with E-state index >= 15 is 0 Å². The van der Waals surface area contributed by atoms with Crippen LogP contribution in [0.3, 0.4) is 0 Å². The number of carbonyl (C=O) groups excluding carboxylic acids is 2. The molecule has 0 aliphatic heterocycles. The molecule has 0 aliphatic carbocycles. The second-order valence-corrected chi connectivity index (χ2v) is 6.70. The molecule has 1 aromatic carbocycles. The van der Waals surface area contributed by atoms with Gasteiger partial charge >= 0.3 is 6.09 Å². The van der Waals surface area contributed by atoms with Gasteiger partial charge in [0.25, 0.3) is 5.91 Å². The van der Waals surface area contributed by atoms with Crippen molar-refractivity contribution in [1.29, 1.82) is 0 Å². The molecule has 1 N–H and O–H groups in total. The van der Waals surface area contributed by atoms with E-state index in [-0.39, 0.29) is 5.91 Å². The second-order valence-electron chi connectivity index (χ2n) is 6.70. The fraction of sp³-hybridized carbons (Fsp3) is 0.0909. The summed E-state index contributed by atoms with van der Waals surface area (Å²) >= 11 is 0. The molecule has 156 valence electrons. The first-order valence-electron chi connectivity index (χ1n) is 9.28. The lowest BCUT2D eigenvalue weighted by Gasteiger charge is -2.17. The molecule has 8 nitrogen and oxygen atoms in total. The average Bonchev–Trinajstić information content (AvgIpc) is 3.21. The molecule has 0 saturated carbocycles. The van der Waals surface area contributed by atoms with Crippen molar-refractivity contribution >= 4 is 29.0 Å². The van der Waals surface area contributed by atoms with Crippen LogP contribution in [0.15, 0.2) is 67.1 Å². The minimum absolute atomic E-state index is 0.281. The summed E-state index contributed by atoms with van der Waals surface area (Å²) in [5.74, 6) is -0.348. The third-order valence-corrected chi connectivity index (χ3v) is 4.76. The Bertz CT molecular complexity index is 1270. The monoisotopic (exact) mass is 419 g/mol. The number of methoxy groups -OCH3 is 1. The molecule has 4 rings (SSSR count). The summed E-state index contributed by atoms with van der Waals surface area (Å²) < 4.78 is 19.7. The molecule has 0 radical (unpaired) electrons. The van der Waals surface area contributed by atoms with E-state index in [0.29, 0.717) is 22.6 Å². The fourth-order valence-corrected chi connectivity index (χ4v) is 3.11. The number of pyridine rings is 2. The van der Waals surface area contributed by atoms with E-state index in [4.69, 9.17) is 0 Å². The first-order valence-corrected chi connectivity index (χ1v) is 9.28. The predicted octanol–water partition coefficient (Wildman–Crippen LogP) is 3.99. The molecule has 3 heterocycles. The Balaban J connectivity index is 1.65. The summed E-state index contributed by atoms with van der Waals surface area (Å²) in [6.45, 7) is 0. The van der Waals surface area contributed by atoms with Crippen molar-refractivity contribution in [2.24, 2.45) is 0 Å². The standard InChI is InChI=1S/C22H18FN5O3/c1-27(17-5-3-4-16(23)11-17)21(29)14-8-9-28-19(10-14)18(13-25-28)15-6-7-20(24-12-15)26-22(30)31-2/h3-13H,1-2H3,(H,24,26,30). The maximum absolute atomic E-state index is 13.5. The highest BCUT2D eigenvalue weighted by Gasteiger charge is 2.16. The van der Waals surface area contributed by atoms with E-state index in [9.17, 15) is 14.0 Å². The van der Waals surface area contributed by atoms with Crippen molar-refractivity contribution < 1.29 is 18.7 Å². The molecule has 0 bridgehead atoms. The molecule has 2 amide bonds. The molecule has 9 heteroatoms. The maximum Gasteiger partial charge on any atom is 0.412 e. The molecule has 0 spiro atoms. The van der Waals surface area contributed by atoms with Gasteiger partial charge in [0.15, 0.2) is 0 Å². The van der Waals surface area contributed by atoms with Crippen molar-refractivity contribution in [1.82, 2.24) is 14.6 Å². The molecule has 0 fully saturated rings. The number of nitrogens with one attached hydrogen (secondary N) is 1. The highest BCUT2D eigenvalue weighted by molar-refractivity contribution is 6.06. The topological polar surface area (TPSA) is 88.8 Å². The van der Waals surface area contributed by atoms with Crippen molar-refractivity contribution in [3.63, 3.8) is 0 Å². The van der Waals surface area contributed by atoms with Crippen LogP contribution in [-0.2, 0) is 4.74 Å². The minimum atomic E-state index is -0.609. The predicted molar refractivity (Wildman–Crippen MR) is 114 cm³/mol. The highest BCUT2D eigenvalue weighted by Crippen LogP contribution is 2.26. The number of anilines is 2. The van der Waals surface area contributed by atoms with Gasteiger partial charge in [-0.3, -0.25) is 10.1 Å². The number of nitrogens with zero attached hydrogens (tertiary/aromatic N) is 4. The van der Waals surface area contributed by atoms with Gasteiger partial charge in [0.1, 0.15) is 11.6 Å². The Kier molecular flexibility index (Phi) is 5.31. The summed E-state index contributed by atoms with van der Waals surface area (Å²) in [5.41, 5.74) is 3.11. The molecular weight excluding hydrogens is 401 g/mol. The van der Waals surface area contributed by atoms with Crippen LogP contribution in [0.25, 0.3) is 16.6 Å². The molecule has 31 heavy (non-hydrogen) atoms. The zero-order chi connectivity index (χ0) is 22.0. The number of aromatic nitrogens is 3. The summed E-state index contributed by atoms with van der Waals surface area (Å²) in [6.07, 6.45) is 4.34. The number of benzene rings is 1. The molecule has 0 saturated heterocycles. The SMILES string of the molecule is COC(=O)Nc1ccc(-c2cnn3ccc(C(=O)N(C)c4cccc(F)c4)cc23)cn1. The largest absolute Gasteiger partial charge is 0.453 e. The van der Waals surface area contributed by atoms with Gasteiger partial charge < -0.3 is 9.64 Å². The lowest BCUT2D eigenvalue weighted by atomic mass is 10.1. The van der Waals surface area contributed by atoms with Gasteiger partial charge in [0.2, 0.25) is 0 Å². The zero-order valence-electron chi connectivity index (χ0n) is 16.7.